The van der Waals surface area contributed by atoms with Crippen LogP contribution in [0, 0.1) is 61.3 Å². The first-order valence-corrected chi connectivity index (χ1v) is 11.6. The summed E-state index contributed by atoms with van der Waals surface area (Å²) in [6.45, 7) is 11.9. The average Bonchev–Trinajstić information content (AvgIpc) is 3.23. The molecule has 0 unspecified atom stereocenters. The molecule has 0 saturated carbocycles. The summed E-state index contributed by atoms with van der Waals surface area (Å²) in [7, 11) is 0. The van der Waals surface area contributed by atoms with Crippen LogP contribution in [0.25, 0.3) is 15.9 Å². The van der Waals surface area contributed by atoms with E-state index in [-0.39, 0.29) is 22.3 Å². The molecule has 4 heterocycles. The topological polar surface area (TPSA) is 231 Å². The summed E-state index contributed by atoms with van der Waals surface area (Å²) in [5.41, 5.74) is 26.6. The third-order valence-electron chi connectivity index (χ3n) is 4.90. The van der Waals surface area contributed by atoms with Gasteiger partial charge in [0.05, 0.1) is 57.4 Å². The Labute approximate surface area is 227 Å². The molecule has 4 aromatic heterocycles. The highest BCUT2D eigenvalue weighted by molar-refractivity contribution is 7.80. The number of thiocarbonyl (C=S) groups is 1. The number of anilines is 3. The number of fused-ring (bicyclic) bond motifs is 1. The van der Waals surface area contributed by atoms with E-state index in [1.54, 1.807) is 32.9 Å². The predicted molar refractivity (Wildman–Crippen MR) is 150 cm³/mol. The molecule has 38 heavy (non-hydrogen) atoms. The van der Waals surface area contributed by atoms with Gasteiger partial charge in [-0.3, -0.25) is 0 Å². The number of rotatable bonds is 1. The molecule has 8 N–H and O–H groups in total. The molecule has 12 nitrogen and oxygen atoms in total. The summed E-state index contributed by atoms with van der Waals surface area (Å²) in [4.78, 5) is 15.3. The Hall–Kier alpha value is -5.41. The van der Waals surface area contributed by atoms with Crippen molar-refractivity contribution >= 4 is 62.1 Å². The number of hydrogen-bond donors (Lipinski definition) is 4. The first-order valence-electron chi connectivity index (χ1n) is 10.4. The summed E-state index contributed by atoms with van der Waals surface area (Å²) in [6.07, 6.45) is 0. The van der Waals surface area contributed by atoms with E-state index in [0.717, 1.165) is 5.39 Å². The Morgan fingerprint density at radius 1 is 0.868 bits per heavy atom. The lowest BCUT2D eigenvalue weighted by Crippen LogP contribution is -2.14. The minimum Gasteiger partial charge on any atom is -0.392 e. The van der Waals surface area contributed by atoms with E-state index in [9.17, 15) is 0 Å². The van der Waals surface area contributed by atoms with Gasteiger partial charge in [-0.15, -0.1) is 0 Å². The van der Waals surface area contributed by atoms with Gasteiger partial charge in [0, 0.05) is 0 Å². The second-order valence-electron chi connectivity index (χ2n) is 7.43. The van der Waals surface area contributed by atoms with Gasteiger partial charge in [-0.2, -0.15) is 20.2 Å². The molecule has 0 saturated heterocycles. The van der Waals surface area contributed by atoms with Crippen LogP contribution in [0.3, 0.4) is 0 Å². The van der Waals surface area contributed by atoms with Crippen molar-refractivity contribution in [1.82, 2.24) is 19.3 Å². The summed E-state index contributed by atoms with van der Waals surface area (Å²) in [6, 6.07) is 10.7. The zero-order valence-corrected chi connectivity index (χ0v) is 22.1. The quantitative estimate of drug-likeness (QED) is 0.201. The fraction of sp³-hybridized carbons (Fsp3) is 0.125. The molecule has 188 valence electrons. The highest BCUT2D eigenvalue weighted by Gasteiger charge is 2.09. The van der Waals surface area contributed by atoms with Crippen molar-refractivity contribution in [2.45, 2.75) is 20.8 Å². The van der Waals surface area contributed by atoms with Crippen molar-refractivity contribution in [3.8, 4) is 18.2 Å². The van der Waals surface area contributed by atoms with E-state index in [1.165, 1.54) is 17.6 Å². The smallest absolute Gasteiger partial charge is 0.229 e. The van der Waals surface area contributed by atoms with Crippen LogP contribution in [0.2, 0.25) is 0 Å². The van der Waals surface area contributed by atoms with Crippen molar-refractivity contribution in [3.63, 3.8) is 0 Å². The average molecular weight is 541 g/mol. The molecular weight excluding hydrogens is 520 g/mol. The molecule has 14 heteroatoms. The van der Waals surface area contributed by atoms with Crippen molar-refractivity contribution in [2.75, 3.05) is 17.2 Å². The third kappa shape index (κ3) is 6.62. The molecule has 0 aliphatic carbocycles. The minimum absolute atomic E-state index is 0.154. The molecule has 0 amide bonds. The summed E-state index contributed by atoms with van der Waals surface area (Å²) < 4.78 is 4.05. The Balaban J connectivity index is 0.000000200. The molecule has 0 aliphatic rings. The highest BCUT2D eigenvalue weighted by atomic mass is 32.1. The van der Waals surface area contributed by atoms with Gasteiger partial charge >= 0.3 is 0 Å². The SMILES string of the molecule is Cc1nc(N)c(C(N)=S)cc1C#N.Cc1nc2nsc(N)c2cc1C#N.[C-]#[N+]c1cc(C#N)c(C)nc1N. The lowest BCUT2D eigenvalue weighted by atomic mass is 10.1. The van der Waals surface area contributed by atoms with Crippen molar-refractivity contribution < 1.29 is 0 Å². The molecule has 0 aromatic carbocycles. The number of aromatic nitrogens is 4. The van der Waals surface area contributed by atoms with E-state index in [2.05, 4.69) is 30.2 Å². The summed E-state index contributed by atoms with van der Waals surface area (Å²) in [5, 5.41) is 27.4. The number of aryl methyl sites for hydroxylation is 3. The molecule has 0 spiro atoms. The van der Waals surface area contributed by atoms with Crippen LogP contribution in [-0.4, -0.2) is 24.3 Å². The largest absolute Gasteiger partial charge is 0.392 e. The van der Waals surface area contributed by atoms with Crippen LogP contribution < -0.4 is 22.9 Å². The predicted octanol–water partition coefficient (Wildman–Crippen LogP) is 3.33. The van der Waals surface area contributed by atoms with E-state index in [1.807, 2.05) is 12.1 Å². The van der Waals surface area contributed by atoms with Crippen molar-refractivity contribution in [3.05, 3.63) is 69.0 Å². The Morgan fingerprint density at radius 2 is 1.37 bits per heavy atom. The van der Waals surface area contributed by atoms with Crippen LogP contribution in [0.15, 0.2) is 18.2 Å². The van der Waals surface area contributed by atoms with E-state index in [0.29, 0.717) is 50.0 Å². The van der Waals surface area contributed by atoms with Crippen LogP contribution in [-0.2, 0) is 0 Å². The van der Waals surface area contributed by atoms with Gasteiger partial charge in [0.1, 0.15) is 33.8 Å². The Morgan fingerprint density at radius 3 is 1.89 bits per heavy atom. The number of nitriles is 3. The minimum atomic E-state index is 0.154. The zero-order valence-electron chi connectivity index (χ0n) is 20.4. The van der Waals surface area contributed by atoms with Crippen LogP contribution in [0.1, 0.15) is 39.3 Å². The lowest BCUT2D eigenvalue weighted by molar-refractivity contribution is 1.18. The second-order valence-corrected chi connectivity index (χ2v) is 8.68. The third-order valence-corrected chi connectivity index (χ3v) is 5.80. The monoisotopic (exact) mass is 540 g/mol. The molecule has 0 bridgehead atoms. The maximum absolute atomic E-state index is 8.76. The fourth-order valence-electron chi connectivity index (χ4n) is 2.85. The standard InChI is InChI=1S/C8H6N4S.C8H8N4S.C8H6N4/c1-4-5(3-9)2-6-7(10)13-12-8(6)11-4;1-4-5(3-9)2-6(8(11)13)7(10)12-4;1-5-6(4-9)3-7(11-2)8(10)12-5/h2H,10H2,1H3;2H,1H3,(H2,10,12)(H2,11,13);3H,1H3,(H2,10,12). The highest BCUT2D eigenvalue weighted by Crippen LogP contribution is 2.25. The maximum Gasteiger partial charge on any atom is 0.229 e. The van der Waals surface area contributed by atoms with Gasteiger partial charge in [0.15, 0.2) is 5.65 Å². The molecule has 0 aliphatic heterocycles. The fourth-order valence-corrected chi connectivity index (χ4v) is 3.58. The normalized spacial score (nSPS) is 9.34. The Bertz CT molecular complexity index is 1680. The lowest BCUT2D eigenvalue weighted by Gasteiger charge is -2.04. The molecular formula is C24H20N12S2. The van der Waals surface area contributed by atoms with Crippen LogP contribution in [0.5, 0.6) is 0 Å². The molecule has 4 rings (SSSR count). The van der Waals surface area contributed by atoms with Gasteiger partial charge in [-0.05, 0) is 50.5 Å². The van der Waals surface area contributed by atoms with Crippen LogP contribution >= 0.6 is 23.8 Å². The first-order chi connectivity index (χ1) is 18.0. The Kier molecular flexibility index (Phi) is 9.50. The van der Waals surface area contributed by atoms with E-state index >= 15 is 0 Å². The molecule has 0 radical (unpaired) electrons. The summed E-state index contributed by atoms with van der Waals surface area (Å²) >= 11 is 5.95. The number of hydrogen-bond acceptors (Lipinski definition) is 12. The van der Waals surface area contributed by atoms with Gasteiger partial charge in [-0.1, -0.05) is 12.2 Å². The van der Waals surface area contributed by atoms with E-state index in [4.69, 9.17) is 57.5 Å². The first kappa shape index (κ1) is 28.8. The van der Waals surface area contributed by atoms with Crippen molar-refractivity contribution in [1.29, 1.82) is 15.8 Å². The second kappa shape index (κ2) is 12.5. The molecule has 0 fully saturated rings. The van der Waals surface area contributed by atoms with Crippen molar-refractivity contribution in [2.24, 2.45) is 5.73 Å². The molecule has 4 aromatic rings. The summed E-state index contributed by atoms with van der Waals surface area (Å²) in [5.74, 6) is 0.450. The van der Waals surface area contributed by atoms with Gasteiger partial charge in [0.25, 0.3) is 0 Å². The molecule has 0 atom stereocenters. The number of pyridine rings is 3. The number of nitrogens with zero attached hydrogens (tertiary/aromatic N) is 8. The van der Waals surface area contributed by atoms with Gasteiger partial charge in [-0.25, -0.2) is 19.8 Å². The van der Waals surface area contributed by atoms with Gasteiger partial charge in [0.2, 0.25) is 5.69 Å². The maximum atomic E-state index is 8.76. The zero-order chi connectivity index (χ0) is 28.6. The van der Waals surface area contributed by atoms with Crippen LogP contribution in [0.4, 0.5) is 22.3 Å². The van der Waals surface area contributed by atoms with Gasteiger partial charge < -0.3 is 22.9 Å². The number of nitrogens with two attached hydrogens (primary N) is 4. The van der Waals surface area contributed by atoms with E-state index < -0.39 is 0 Å². The number of nitrogen functional groups attached to an aromatic ring is 3.